The molecule has 1 rings (SSSR count). The normalized spacial score (nSPS) is 11.0. The molecule has 0 N–H and O–H groups in total. The van der Waals surface area contributed by atoms with E-state index in [0.717, 1.165) is 25.0 Å². The second-order valence-electron chi connectivity index (χ2n) is 9.24. The van der Waals surface area contributed by atoms with Crippen LogP contribution in [0.15, 0.2) is 24.3 Å². The molecule has 1 aromatic carbocycles. The van der Waals surface area contributed by atoms with E-state index in [1.54, 1.807) is 0 Å². The van der Waals surface area contributed by atoms with Crippen LogP contribution in [-0.4, -0.2) is 5.97 Å². The lowest BCUT2D eigenvalue weighted by Crippen LogP contribution is -2.09. The van der Waals surface area contributed by atoms with Gasteiger partial charge in [-0.3, -0.25) is 4.79 Å². The predicted octanol–water partition coefficient (Wildman–Crippen LogP) is 9.59. The lowest BCUT2D eigenvalue weighted by atomic mass is 10.0. The Labute approximate surface area is 193 Å². The Balaban J connectivity index is 2.09. The summed E-state index contributed by atoms with van der Waals surface area (Å²) in [5, 5.41) is 0. The Morgan fingerprint density at radius 3 is 1.61 bits per heavy atom. The van der Waals surface area contributed by atoms with Crippen molar-refractivity contribution < 1.29 is 9.53 Å². The third-order valence-electron chi connectivity index (χ3n) is 6.23. The van der Waals surface area contributed by atoms with Crippen molar-refractivity contribution in [3.05, 3.63) is 29.8 Å². The minimum atomic E-state index is -0.0667. The second kappa shape index (κ2) is 20.6. The zero-order chi connectivity index (χ0) is 22.4. The number of ether oxygens (including phenoxy) is 1. The molecule has 0 unspecified atom stereocenters. The fourth-order valence-electron chi connectivity index (χ4n) is 4.19. The van der Waals surface area contributed by atoms with Gasteiger partial charge in [0.15, 0.2) is 0 Å². The number of benzene rings is 1. The van der Waals surface area contributed by atoms with Crippen molar-refractivity contribution in [1.29, 1.82) is 0 Å². The zero-order valence-corrected chi connectivity index (χ0v) is 20.8. The molecule has 0 spiro atoms. The molecule has 0 saturated carbocycles. The van der Waals surface area contributed by atoms with Crippen molar-refractivity contribution in [2.75, 3.05) is 0 Å². The van der Waals surface area contributed by atoms with Gasteiger partial charge in [0, 0.05) is 6.42 Å². The van der Waals surface area contributed by atoms with Gasteiger partial charge in [0.1, 0.15) is 5.75 Å². The summed E-state index contributed by atoms with van der Waals surface area (Å²) in [6.45, 7) is 4.53. The monoisotopic (exact) mass is 430 g/mol. The van der Waals surface area contributed by atoms with Crippen LogP contribution in [0.5, 0.6) is 5.75 Å². The van der Waals surface area contributed by atoms with Gasteiger partial charge in [-0.25, -0.2) is 0 Å². The number of hydrogen-bond donors (Lipinski definition) is 0. The van der Waals surface area contributed by atoms with Gasteiger partial charge < -0.3 is 4.74 Å². The van der Waals surface area contributed by atoms with E-state index in [9.17, 15) is 4.79 Å². The van der Waals surface area contributed by atoms with Crippen molar-refractivity contribution in [2.45, 2.75) is 142 Å². The number of para-hydroxylation sites is 1. The van der Waals surface area contributed by atoms with Crippen LogP contribution in [0.1, 0.15) is 141 Å². The van der Waals surface area contributed by atoms with E-state index in [2.05, 4.69) is 26.0 Å². The Bertz CT molecular complexity index is 537. The number of rotatable bonds is 21. The van der Waals surface area contributed by atoms with E-state index in [-0.39, 0.29) is 5.97 Å². The van der Waals surface area contributed by atoms with E-state index in [1.807, 2.05) is 12.1 Å². The van der Waals surface area contributed by atoms with Crippen LogP contribution in [0.2, 0.25) is 0 Å². The first kappa shape index (κ1) is 27.7. The smallest absolute Gasteiger partial charge is 0.311 e. The number of carbonyl (C=O) groups excluding carboxylic acids is 1. The lowest BCUT2D eigenvalue weighted by Gasteiger charge is -2.10. The quantitative estimate of drug-likeness (QED) is 0.110. The van der Waals surface area contributed by atoms with Crippen molar-refractivity contribution >= 4 is 5.97 Å². The van der Waals surface area contributed by atoms with Gasteiger partial charge in [-0.15, -0.1) is 0 Å². The van der Waals surface area contributed by atoms with Gasteiger partial charge in [0.2, 0.25) is 0 Å². The molecule has 1 aromatic rings. The lowest BCUT2D eigenvalue weighted by molar-refractivity contribution is -0.134. The van der Waals surface area contributed by atoms with Gasteiger partial charge in [0.25, 0.3) is 0 Å². The number of aryl methyl sites for hydroxylation is 1. The minimum absolute atomic E-state index is 0.0667. The molecule has 0 fully saturated rings. The molecule has 31 heavy (non-hydrogen) atoms. The molecule has 2 heteroatoms. The fourth-order valence-corrected chi connectivity index (χ4v) is 4.19. The molecule has 0 aliphatic rings. The molecule has 0 aliphatic carbocycles. The van der Waals surface area contributed by atoms with Crippen molar-refractivity contribution in [3.8, 4) is 5.75 Å². The van der Waals surface area contributed by atoms with Crippen LogP contribution >= 0.6 is 0 Å². The predicted molar refractivity (Wildman–Crippen MR) is 135 cm³/mol. The van der Waals surface area contributed by atoms with E-state index in [1.165, 1.54) is 108 Å². The molecule has 0 aromatic heterocycles. The van der Waals surface area contributed by atoms with Crippen molar-refractivity contribution in [3.63, 3.8) is 0 Å². The fraction of sp³-hybridized carbons (Fsp3) is 0.759. The first-order valence-corrected chi connectivity index (χ1v) is 13.6. The highest BCUT2D eigenvalue weighted by Crippen LogP contribution is 2.22. The number of carbonyl (C=O) groups is 1. The Kier molecular flexibility index (Phi) is 18.4. The maximum atomic E-state index is 12.3. The van der Waals surface area contributed by atoms with Gasteiger partial charge in [-0.2, -0.15) is 0 Å². The molecule has 0 aliphatic heterocycles. The highest BCUT2D eigenvalue weighted by atomic mass is 16.5. The van der Waals surface area contributed by atoms with Crippen molar-refractivity contribution in [2.24, 2.45) is 0 Å². The van der Waals surface area contributed by atoms with E-state index in [4.69, 9.17) is 4.74 Å². The maximum Gasteiger partial charge on any atom is 0.311 e. The largest absolute Gasteiger partial charge is 0.426 e. The summed E-state index contributed by atoms with van der Waals surface area (Å²) in [5.74, 6) is 0.712. The number of hydrogen-bond acceptors (Lipinski definition) is 2. The summed E-state index contributed by atoms with van der Waals surface area (Å²) in [4.78, 5) is 12.3. The summed E-state index contributed by atoms with van der Waals surface area (Å²) in [6.07, 6.45) is 25.0. The second-order valence-corrected chi connectivity index (χ2v) is 9.24. The van der Waals surface area contributed by atoms with Crippen LogP contribution in [0.4, 0.5) is 0 Å². The molecule has 0 atom stereocenters. The molecule has 0 heterocycles. The van der Waals surface area contributed by atoms with Crippen molar-refractivity contribution in [1.82, 2.24) is 0 Å². The molecular formula is C29H50O2. The first-order valence-electron chi connectivity index (χ1n) is 13.6. The van der Waals surface area contributed by atoms with Crippen LogP contribution in [-0.2, 0) is 11.2 Å². The molecule has 0 bridgehead atoms. The summed E-state index contributed by atoms with van der Waals surface area (Å²) in [5.41, 5.74) is 1.18. The van der Waals surface area contributed by atoms with E-state index >= 15 is 0 Å². The summed E-state index contributed by atoms with van der Waals surface area (Å²) in [7, 11) is 0. The zero-order valence-electron chi connectivity index (χ0n) is 20.8. The molecule has 2 nitrogen and oxygen atoms in total. The van der Waals surface area contributed by atoms with E-state index in [0.29, 0.717) is 6.42 Å². The number of esters is 1. The summed E-state index contributed by atoms with van der Waals surface area (Å²) >= 11 is 0. The number of unbranched alkanes of at least 4 members (excludes halogenated alkanes) is 16. The summed E-state index contributed by atoms with van der Waals surface area (Å²) in [6, 6.07) is 8.09. The van der Waals surface area contributed by atoms with Gasteiger partial charge in [0.05, 0.1) is 0 Å². The topological polar surface area (TPSA) is 26.3 Å². The minimum Gasteiger partial charge on any atom is -0.426 e. The van der Waals surface area contributed by atoms with Gasteiger partial charge in [-0.05, 0) is 30.9 Å². The SMILES string of the molecule is CCCCCCCCCCCCCC(=O)Oc1ccccc1CCCCCCCCC. The summed E-state index contributed by atoms with van der Waals surface area (Å²) < 4.78 is 5.71. The van der Waals surface area contributed by atoms with Gasteiger partial charge in [-0.1, -0.05) is 135 Å². The van der Waals surface area contributed by atoms with Crippen LogP contribution < -0.4 is 4.74 Å². The van der Waals surface area contributed by atoms with Crippen LogP contribution in [0.3, 0.4) is 0 Å². The molecule has 0 amide bonds. The highest BCUT2D eigenvalue weighted by Gasteiger charge is 2.09. The third-order valence-corrected chi connectivity index (χ3v) is 6.23. The van der Waals surface area contributed by atoms with Crippen LogP contribution in [0, 0.1) is 0 Å². The Morgan fingerprint density at radius 2 is 1.06 bits per heavy atom. The van der Waals surface area contributed by atoms with Crippen LogP contribution in [0.25, 0.3) is 0 Å². The highest BCUT2D eigenvalue weighted by molar-refractivity contribution is 5.72. The van der Waals surface area contributed by atoms with Gasteiger partial charge >= 0.3 is 5.97 Å². The average Bonchev–Trinajstić information content (AvgIpc) is 2.78. The molecule has 0 radical (unpaired) electrons. The Hall–Kier alpha value is -1.31. The molecular weight excluding hydrogens is 380 g/mol. The Morgan fingerprint density at radius 1 is 0.613 bits per heavy atom. The third kappa shape index (κ3) is 16.0. The maximum absolute atomic E-state index is 12.3. The first-order chi connectivity index (χ1) is 15.3. The standard InChI is InChI=1S/C29H50O2/c1-3-5-7-9-11-12-13-14-16-18-20-26-29(30)31-28-25-22-21-24-27(28)23-19-17-15-10-8-6-4-2/h21-22,24-25H,3-20,23,26H2,1-2H3. The average molecular weight is 431 g/mol. The van der Waals surface area contributed by atoms with E-state index < -0.39 is 0 Å². The molecule has 178 valence electrons. The molecule has 0 saturated heterocycles.